The Morgan fingerprint density at radius 2 is 1.73 bits per heavy atom. The Hall–Kier alpha value is -0.680. The van der Waals surface area contributed by atoms with Crippen LogP contribution in [0.15, 0.2) is 12.2 Å². The molecule has 6 heteroatoms. The van der Waals surface area contributed by atoms with Crippen LogP contribution in [-0.2, 0) is 0 Å². The summed E-state index contributed by atoms with van der Waals surface area (Å²) in [7, 11) is 0. The van der Waals surface area contributed by atoms with Crippen molar-refractivity contribution in [3.63, 3.8) is 0 Å². The first kappa shape index (κ1) is 10.3. The van der Waals surface area contributed by atoms with E-state index in [9.17, 15) is 26.3 Å². The average molecular weight is 178 g/mol. The molecule has 0 aliphatic heterocycles. The first-order chi connectivity index (χ1) is 4.88. The van der Waals surface area contributed by atoms with Gasteiger partial charge in [-0.3, -0.25) is 4.39 Å². The van der Waals surface area contributed by atoms with E-state index in [1.807, 2.05) is 0 Å². The number of alkyl halides is 4. The van der Waals surface area contributed by atoms with E-state index in [-0.39, 0.29) is 0 Å². The van der Waals surface area contributed by atoms with Gasteiger partial charge < -0.3 is 0 Å². The van der Waals surface area contributed by atoms with Gasteiger partial charge in [0.15, 0.2) is 0 Å². The number of hydrogen-bond donors (Lipinski definition) is 0. The summed E-state index contributed by atoms with van der Waals surface area (Å²) >= 11 is 0. The van der Waals surface area contributed by atoms with Crippen molar-refractivity contribution in [1.29, 1.82) is 0 Å². The van der Waals surface area contributed by atoms with Crippen molar-refractivity contribution < 1.29 is 26.3 Å². The Bertz CT molecular complexity index is 142. The molecule has 0 aliphatic rings. The van der Waals surface area contributed by atoms with Crippen LogP contribution in [0.4, 0.5) is 26.3 Å². The fourth-order valence-electron chi connectivity index (χ4n) is 0.379. The second-order valence-corrected chi connectivity index (χ2v) is 1.76. The van der Waals surface area contributed by atoms with Gasteiger partial charge in [-0.1, -0.05) is 0 Å². The number of halogens is 6. The highest BCUT2D eigenvalue weighted by Crippen LogP contribution is 2.28. The van der Waals surface area contributed by atoms with Gasteiger partial charge in [-0.2, -0.15) is 22.0 Å². The molecule has 0 radical (unpaired) electrons. The molecule has 0 aromatic heterocycles. The predicted octanol–water partition coefficient (Wildman–Crippen LogP) is 2.91. The van der Waals surface area contributed by atoms with Gasteiger partial charge >= 0.3 is 6.18 Å². The average Bonchev–Trinajstić information content (AvgIpc) is 1.79. The normalized spacial score (nSPS) is 14.4. The minimum absolute atomic E-state index is 0.444. The topological polar surface area (TPSA) is 0 Å². The summed E-state index contributed by atoms with van der Waals surface area (Å²) in [4.78, 5) is 0. The fraction of sp³-hybridized carbons (Fsp3) is 0.600. The van der Waals surface area contributed by atoms with Gasteiger partial charge in [0.05, 0.1) is 0 Å². The van der Waals surface area contributed by atoms with Crippen LogP contribution in [-0.4, -0.2) is 12.9 Å². The number of allylic oxidation sites excluding steroid dienone is 1. The smallest absolute Gasteiger partial charge is 0.250 e. The summed E-state index contributed by atoms with van der Waals surface area (Å²) in [6.45, 7) is -1.86. The molecule has 11 heavy (non-hydrogen) atoms. The van der Waals surface area contributed by atoms with E-state index >= 15 is 0 Å². The van der Waals surface area contributed by atoms with Crippen LogP contribution in [0.25, 0.3) is 0 Å². The summed E-state index contributed by atoms with van der Waals surface area (Å²) in [6.07, 6.45) is -7.90. The van der Waals surface area contributed by atoms with Crippen LogP contribution in [0.5, 0.6) is 0 Å². The Morgan fingerprint density at radius 1 is 1.27 bits per heavy atom. The molecule has 0 aliphatic carbocycles. The largest absolute Gasteiger partial charge is 0.397 e. The van der Waals surface area contributed by atoms with Crippen molar-refractivity contribution >= 4 is 0 Å². The molecule has 0 amide bonds. The standard InChI is InChI=1S/C5H4F6/c6-2-3(1-4(7)8)5(9,10)11/h1,3H,2H2. The van der Waals surface area contributed by atoms with Crippen molar-refractivity contribution in [2.75, 3.05) is 6.67 Å². The summed E-state index contributed by atoms with van der Waals surface area (Å²) in [6, 6.07) is 0. The van der Waals surface area contributed by atoms with Crippen molar-refractivity contribution in [3.05, 3.63) is 12.2 Å². The van der Waals surface area contributed by atoms with Crippen molar-refractivity contribution in [2.24, 2.45) is 5.92 Å². The van der Waals surface area contributed by atoms with E-state index in [1.165, 1.54) is 0 Å². The third kappa shape index (κ3) is 3.90. The molecule has 0 saturated carbocycles. The second-order valence-electron chi connectivity index (χ2n) is 1.76. The minimum Gasteiger partial charge on any atom is -0.250 e. The van der Waals surface area contributed by atoms with Crippen LogP contribution < -0.4 is 0 Å². The molecule has 0 aromatic carbocycles. The van der Waals surface area contributed by atoms with Gasteiger partial charge in [0.25, 0.3) is 6.08 Å². The summed E-state index contributed by atoms with van der Waals surface area (Å²) in [5.74, 6) is -2.69. The fourth-order valence-corrected chi connectivity index (χ4v) is 0.379. The lowest BCUT2D eigenvalue weighted by molar-refractivity contribution is -0.165. The van der Waals surface area contributed by atoms with E-state index in [0.29, 0.717) is 0 Å². The molecule has 0 nitrogen and oxygen atoms in total. The first-order valence-electron chi connectivity index (χ1n) is 2.53. The van der Waals surface area contributed by atoms with Gasteiger partial charge in [0, 0.05) is 0 Å². The van der Waals surface area contributed by atoms with E-state index < -0.39 is 30.9 Å². The molecule has 0 fully saturated rings. The zero-order valence-electron chi connectivity index (χ0n) is 5.13. The molecule has 0 saturated heterocycles. The van der Waals surface area contributed by atoms with Crippen molar-refractivity contribution in [2.45, 2.75) is 6.18 Å². The quantitative estimate of drug-likeness (QED) is 0.570. The van der Waals surface area contributed by atoms with Crippen LogP contribution in [0.2, 0.25) is 0 Å². The Labute approximate surface area is 58.5 Å². The molecule has 1 unspecified atom stereocenters. The molecule has 0 rings (SSSR count). The summed E-state index contributed by atoms with van der Waals surface area (Å²) < 4.78 is 68.2. The van der Waals surface area contributed by atoms with E-state index in [4.69, 9.17) is 0 Å². The summed E-state index contributed by atoms with van der Waals surface area (Å²) in [5, 5.41) is 0. The lowest BCUT2D eigenvalue weighted by Gasteiger charge is -2.11. The molecule has 1 atom stereocenters. The molecule has 0 bridgehead atoms. The Kier molecular flexibility index (Phi) is 3.41. The van der Waals surface area contributed by atoms with Gasteiger partial charge in [0.1, 0.15) is 12.6 Å². The van der Waals surface area contributed by atoms with Crippen LogP contribution in [0.1, 0.15) is 0 Å². The summed E-state index contributed by atoms with van der Waals surface area (Å²) in [5.41, 5.74) is 0. The first-order valence-corrected chi connectivity index (χ1v) is 2.53. The highest BCUT2D eigenvalue weighted by molar-refractivity contribution is 4.91. The lowest BCUT2D eigenvalue weighted by Crippen LogP contribution is -2.22. The monoisotopic (exact) mass is 178 g/mol. The van der Waals surface area contributed by atoms with E-state index in [2.05, 4.69) is 0 Å². The Balaban J connectivity index is 4.31. The van der Waals surface area contributed by atoms with Crippen molar-refractivity contribution in [3.8, 4) is 0 Å². The van der Waals surface area contributed by atoms with Crippen LogP contribution >= 0.6 is 0 Å². The second kappa shape index (κ2) is 3.64. The molecular formula is C5H4F6. The van der Waals surface area contributed by atoms with Gasteiger partial charge in [-0.15, -0.1) is 0 Å². The maximum atomic E-state index is 11.5. The Morgan fingerprint density at radius 3 is 1.82 bits per heavy atom. The zero-order chi connectivity index (χ0) is 9.07. The molecule has 0 N–H and O–H groups in total. The molecule has 0 aromatic rings. The SMILES string of the molecule is FCC(C=C(F)F)C(F)(F)F. The van der Waals surface area contributed by atoms with Crippen LogP contribution in [0.3, 0.4) is 0 Å². The van der Waals surface area contributed by atoms with Crippen molar-refractivity contribution in [1.82, 2.24) is 0 Å². The van der Waals surface area contributed by atoms with Gasteiger partial charge in [-0.25, -0.2) is 0 Å². The van der Waals surface area contributed by atoms with Gasteiger partial charge in [0.2, 0.25) is 0 Å². The predicted molar refractivity (Wildman–Crippen MR) is 25.8 cm³/mol. The van der Waals surface area contributed by atoms with E-state index in [1.54, 1.807) is 0 Å². The van der Waals surface area contributed by atoms with E-state index in [0.717, 1.165) is 0 Å². The maximum Gasteiger partial charge on any atom is 0.397 e. The third-order valence-corrected chi connectivity index (χ3v) is 0.914. The van der Waals surface area contributed by atoms with Crippen LogP contribution in [0, 0.1) is 5.92 Å². The molecular weight excluding hydrogens is 174 g/mol. The molecule has 66 valence electrons. The lowest BCUT2D eigenvalue weighted by atomic mass is 10.1. The minimum atomic E-state index is -4.93. The molecule has 0 spiro atoms. The number of hydrogen-bond acceptors (Lipinski definition) is 0. The number of rotatable bonds is 2. The highest BCUT2D eigenvalue weighted by Gasteiger charge is 2.38. The van der Waals surface area contributed by atoms with Gasteiger partial charge in [-0.05, 0) is 6.08 Å². The highest BCUT2D eigenvalue weighted by atomic mass is 19.4. The molecule has 0 heterocycles. The maximum absolute atomic E-state index is 11.5. The zero-order valence-corrected chi connectivity index (χ0v) is 5.13. The third-order valence-electron chi connectivity index (χ3n) is 0.914.